The maximum atomic E-state index is 12.2. The van der Waals surface area contributed by atoms with Crippen molar-refractivity contribution in [2.75, 3.05) is 0 Å². The Morgan fingerprint density at radius 2 is 1.58 bits per heavy atom. The molecule has 0 aromatic heterocycles. The number of nitrogens with two attached hydrogens (primary N) is 1. The lowest BCUT2D eigenvalue weighted by Crippen LogP contribution is -2.05. The van der Waals surface area contributed by atoms with Crippen molar-refractivity contribution in [1.82, 2.24) is 0 Å². The molecule has 0 bridgehead atoms. The molecule has 1 unspecified atom stereocenters. The van der Waals surface area contributed by atoms with E-state index in [4.69, 9.17) is 5.73 Å². The highest BCUT2D eigenvalue weighted by atomic mass is 19.4. The number of halogens is 3. The molecule has 0 aliphatic heterocycles. The van der Waals surface area contributed by atoms with Crippen LogP contribution in [0.2, 0.25) is 0 Å². The standard InChI is InChI=1S/C12H13N.C10H11F3/c1-9(13)11-8-4-6-10-5-2-3-7-12(10)11;1-2-4-8-5-3-6-9(7-8)10(11,12)13/h2-9H,13H2,1H3;3,5-7H,2,4H2,1H3. The van der Waals surface area contributed by atoms with E-state index < -0.39 is 11.7 Å². The first-order chi connectivity index (χ1) is 12.3. The zero-order chi connectivity index (χ0) is 19.2. The third-order valence-corrected chi connectivity index (χ3v) is 4.11. The fraction of sp³-hybridized carbons (Fsp3) is 0.273. The average molecular weight is 359 g/mol. The van der Waals surface area contributed by atoms with Crippen molar-refractivity contribution in [3.63, 3.8) is 0 Å². The highest BCUT2D eigenvalue weighted by molar-refractivity contribution is 5.85. The topological polar surface area (TPSA) is 26.0 Å². The van der Waals surface area contributed by atoms with E-state index in [1.807, 2.05) is 26.0 Å². The van der Waals surface area contributed by atoms with Crippen LogP contribution in [0.1, 0.15) is 43.0 Å². The predicted octanol–water partition coefficient (Wildman–Crippen LogP) is 6.52. The zero-order valence-corrected chi connectivity index (χ0v) is 15.1. The van der Waals surface area contributed by atoms with Crippen LogP contribution in [-0.4, -0.2) is 0 Å². The normalized spacial score (nSPS) is 12.4. The number of rotatable bonds is 3. The molecular weight excluding hydrogens is 335 g/mol. The molecule has 0 amide bonds. The van der Waals surface area contributed by atoms with Crippen molar-refractivity contribution >= 4 is 10.8 Å². The third-order valence-electron chi connectivity index (χ3n) is 4.11. The maximum absolute atomic E-state index is 12.2. The van der Waals surface area contributed by atoms with Crippen molar-refractivity contribution in [1.29, 1.82) is 0 Å². The van der Waals surface area contributed by atoms with Crippen LogP contribution in [0.3, 0.4) is 0 Å². The Kier molecular flexibility index (Phi) is 6.81. The fourth-order valence-corrected chi connectivity index (χ4v) is 2.84. The number of benzene rings is 3. The molecule has 0 saturated heterocycles. The molecule has 0 fully saturated rings. The minimum absolute atomic E-state index is 0.103. The van der Waals surface area contributed by atoms with Gasteiger partial charge < -0.3 is 5.73 Å². The van der Waals surface area contributed by atoms with Gasteiger partial charge in [0.1, 0.15) is 0 Å². The largest absolute Gasteiger partial charge is 0.416 e. The second-order valence-corrected chi connectivity index (χ2v) is 6.31. The molecule has 3 aromatic rings. The van der Waals surface area contributed by atoms with Gasteiger partial charge in [-0.2, -0.15) is 13.2 Å². The van der Waals surface area contributed by atoms with Crippen molar-refractivity contribution in [2.45, 2.75) is 38.9 Å². The molecule has 0 aliphatic rings. The van der Waals surface area contributed by atoms with Gasteiger partial charge in [-0.15, -0.1) is 0 Å². The first kappa shape index (κ1) is 20.0. The molecule has 2 N–H and O–H groups in total. The SMILES string of the molecule is CC(N)c1cccc2ccccc12.CCCc1cccc(C(F)(F)F)c1. The Bertz CT molecular complexity index is 833. The van der Waals surface area contributed by atoms with Crippen LogP contribution < -0.4 is 5.73 Å². The lowest BCUT2D eigenvalue weighted by atomic mass is 10.0. The predicted molar refractivity (Wildman–Crippen MR) is 102 cm³/mol. The van der Waals surface area contributed by atoms with E-state index in [0.717, 1.165) is 18.1 Å². The summed E-state index contributed by atoms with van der Waals surface area (Å²) in [6.07, 6.45) is -2.66. The van der Waals surface area contributed by atoms with Crippen LogP contribution in [0, 0.1) is 0 Å². The van der Waals surface area contributed by atoms with Crippen molar-refractivity contribution < 1.29 is 13.2 Å². The zero-order valence-electron chi connectivity index (χ0n) is 15.1. The van der Waals surface area contributed by atoms with Crippen molar-refractivity contribution in [3.05, 3.63) is 83.4 Å². The van der Waals surface area contributed by atoms with Crippen LogP contribution in [0.5, 0.6) is 0 Å². The molecule has 4 heteroatoms. The summed E-state index contributed by atoms with van der Waals surface area (Å²) in [5.41, 5.74) is 7.29. The summed E-state index contributed by atoms with van der Waals surface area (Å²) in [6.45, 7) is 3.96. The van der Waals surface area contributed by atoms with Crippen molar-refractivity contribution in [3.8, 4) is 0 Å². The lowest BCUT2D eigenvalue weighted by Gasteiger charge is -2.09. The van der Waals surface area contributed by atoms with Crippen LogP contribution in [0.4, 0.5) is 13.2 Å². The van der Waals surface area contributed by atoms with E-state index in [1.54, 1.807) is 6.07 Å². The van der Waals surface area contributed by atoms with Gasteiger partial charge in [-0.05, 0) is 41.3 Å². The number of hydrogen-bond acceptors (Lipinski definition) is 1. The summed E-state index contributed by atoms with van der Waals surface area (Å²) in [4.78, 5) is 0. The second-order valence-electron chi connectivity index (χ2n) is 6.31. The Morgan fingerprint density at radius 1 is 0.923 bits per heavy atom. The number of fused-ring (bicyclic) bond motifs is 1. The molecule has 0 heterocycles. The first-order valence-electron chi connectivity index (χ1n) is 8.72. The van der Waals surface area contributed by atoms with Gasteiger partial charge in [0.25, 0.3) is 0 Å². The molecule has 0 radical (unpaired) electrons. The summed E-state index contributed by atoms with van der Waals surface area (Å²) in [7, 11) is 0. The average Bonchev–Trinajstić information content (AvgIpc) is 2.61. The van der Waals surface area contributed by atoms with E-state index >= 15 is 0 Å². The van der Waals surface area contributed by atoms with Crippen LogP contribution >= 0.6 is 0 Å². The van der Waals surface area contributed by atoms with Gasteiger partial charge >= 0.3 is 6.18 Å². The Hall–Kier alpha value is -2.33. The lowest BCUT2D eigenvalue weighted by molar-refractivity contribution is -0.137. The van der Waals surface area contributed by atoms with Gasteiger partial charge in [-0.25, -0.2) is 0 Å². The van der Waals surface area contributed by atoms with E-state index in [9.17, 15) is 13.2 Å². The maximum Gasteiger partial charge on any atom is 0.416 e. The fourth-order valence-electron chi connectivity index (χ4n) is 2.84. The highest BCUT2D eigenvalue weighted by Crippen LogP contribution is 2.29. The Labute approximate surface area is 152 Å². The van der Waals surface area contributed by atoms with Gasteiger partial charge in [0.05, 0.1) is 5.56 Å². The molecule has 26 heavy (non-hydrogen) atoms. The first-order valence-corrected chi connectivity index (χ1v) is 8.72. The molecule has 0 aliphatic carbocycles. The number of alkyl halides is 3. The third kappa shape index (κ3) is 5.33. The monoisotopic (exact) mass is 359 g/mol. The molecule has 1 atom stereocenters. The Balaban J connectivity index is 0.000000187. The number of aryl methyl sites for hydroxylation is 1. The van der Waals surface area contributed by atoms with E-state index in [-0.39, 0.29) is 6.04 Å². The summed E-state index contributed by atoms with van der Waals surface area (Å²) in [6, 6.07) is 20.2. The molecule has 3 rings (SSSR count). The minimum atomic E-state index is -4.22. The highest BCUT2D eigenvalue weighted by Gasteiger charge is 2.30. The second kappa shape index (κ2) is 8.86. The molecule has 1 nitrogen and oxygen atoms in total. The van der Waals surface area contributed by atoms with Crippen molar-refractivity contribution in [2.24, 2.45) is 5.73 Å². The Morgan fingerprint density at radius 3 is 2.23 bits per heavy atom. The molecule has 0 saturated carbocycles. The summed E-state index contributed by atoms with van der Waals surface area (Å²) in [5.74, 6) is 0. The van der Waals surface area contributed by atoms with Crippen LogP contribution in [0.15, 0.2) is 66.7 Å². The van der Waals surface area contributed by atoms with E-state index in [1.165, 1.54) is 28.5 Å². The molecule has 3 aromatic carbocycles. The van der Waals surface area contributed by atoms with Gasteiger partial charge in [0, 0.05) is 6.04 Å². The quantitative estimate of drug-likeness (QED) is 0.566. The summed E-state index contributed by atoms with van der Waals surface area (Å²) < 4.78 is 36.6. The minimum Gasteiger partial charge on any atom is -0.324 e. The number of hydrogen-bond donors (Lipinski definition) is 1. The van der Waals surface area contributed by atoms with Gasteiger partial charge in [0.2, 0.25) is 0 Å². The van der Waals surface area contributed by atoms with Gasteiger partial charge in [0.15, 0.2) is 0 Å². The molecular formula is C22H24F3N. The summed E-state index contributed by atoms with van der Waals surface area (Å²) in [5, 5.41) is 2.53. The summed E-state index contributed by atoms with van der Waals surface area (Å²) >= 11 is 0. The smallest absolute Gasteiger partial charge is 0.324 e. The molecule has 0 spiro atoms. The van der Waals surface area contributed by atoms with E-state index in [2.05, 4.69) is 30.3 Å². The van der Waals surface area contributed by atoms with Crippen LogP contribution in [-0.2, 0) is 12.6 Å². The van der Waals surface area contributed by atoms with Gasteiger partial charge in [-0.1, -0.05) is 74.0 Å². The van der Waals surface area contributed by atoms with Gasteiger partial charge in [-0.3, -0.25) is 0 Å². The van der Waals surface area contributed by atoms with Crippen LogP contribution in [0.25, 0.3) is 10.8 Å². The molecule has 138 valence electrons. The van der Waals surface area contributed by atoms with E-state index in [0.29, 0.717) is 6.42 Å².